The maximum Gasteiger partial charge on any atom is 0.319 e. The molecule has 50 heavy (non-hydrogen) atoms. The van der Waals surface area contributed by atoms with E-state index >= 15 is 0 Å². The third kappa shape index (κ3) is 9.51. The first-order valence-corrected chi connectivity index (χ1v) is 25.3. The molecule has 0 heterocycles. The van der Waals surface area contributed by atoms with E-state index in [9.17, 15) is 9.59 Å². The first kappa shape index (κ1) is 42.9. The minimum Gasteiger partial charge on any atom is -0.462 e. The molecule has 0 radical (unpaired) electrons. The van der Waals surface area contributed by atoms with Gasteiger partial charge < -0.3 is 13.6 Å². The Hall–Kier alpha value is -1.55. The van der Waals surface area contributed by atoms with Crippen LogP contribution in [0.2, 0.25) is 36.3 Å². The van der Waals surface area contributed by atoms with E-state index in [-0.39, 0.29) is 45.5 Å². The van der Waals surface area contributed by atoms with Crippen LogP contribution in [-0.4, -0.2) is 46.7 Å². The van der Waals surface area contributed by atoms with E-state index in [1.165, 1.54) is 24.8 Å². The monoisotopic (exact) mass is 727 g/mol. The number of carbonyl (C=O) groups excluding carboxylic acids is 2. The molecular weight excluding hydrogens is 653 g/mol. The smallest absolute Gasteiger partial charge is 0.319 e. The third-order valence-corrected chi connectivity index (χ3v) is 22.4. The molecule has 0 unspecified atom stereocenters. The second-order valence-electron chi connectivity index (χ2n) is 20.0. The molecule has 0 aromatic rings. The highest BCUT2D eigenvalue weighted by atomic mass is 28.4. The zero-order chi connectivity index (χ0) is 38.3. The van der Waals surface area contributed by atoms with Gasteiger partial charge in [0.1, 0.15) is 5.41 Å². The van der Waals surface area contributed by atoms with Crippen LogP contribution in [0, 0.1) is 28.6 Å². The quantitative estimate of drug-likeness (QED) is 0.0918. The van der Waals surface area contributed by atoms with Gasteiger partial charge in [0.15, 0.2) is 22.4 Å². The van der Waals surface area contributed by atoms with Crippen LogP contribution >= 0.6 is 0 Å². The number of rotatable bonds is 11. The molecule has 3 saturated carbocycles. The summed E-state index contributed by atoms with van der Waals surface area (Å²) in [5, 5.41) is 0.261. The van der Waals surface area contributed by atoms with Gasteiger partial charge in [0.25, 0.3) is 0 Å². The van der Waals surface area contributed by atoms with Crippen molar-refractivity contribution in [1.29, 1.82) is 0 Å². The third-order valence-electron chi connectivity index (χ3n) is 13.4. The predicted molar refractivity (Wildman–Crippen MR) is 215 cm³/mol. The molecule has 3 aliphatic rings. The molecule has 7 heteroatoms. The minimum atomic E-state index is -2.02. The van der Waals surface area contributed by atoms with Crippen molar-refractivity contribution in [1.82, 2.24) is 0 Å². The van der Waals surface area contributed by atoms with Gasteiger partial charge in [-0.3, -0.25) is 9.59 Å². The van der Waals surface area contributed by atoms with Crippen molar-refractivity contribution in [3.8, 4) is 0 Å². The van der Waals surface area contributed by atoms with E-state index < -0.39 is 28.0 Å². The number of ether oxygens (including phenoxy) is 1. The van der Waals surface area contributed by atoms with Crippen molar-refractivity contribution in [2.45, 2.75) is 183 Å². The number of hydrogen-bond acceptors (Lipinski definition) is 5. The molecule has 0 aromatic heterocycles. The molecule has 3 fully saturated rings. The lowest BCUT2D eigenvalue weighted by molar-refractivity contribution is -0.160. The zero-order valence-corrected chi connectivity index (χ0v) is 37.0. The summed E-state index contributed by atoms with van der Waals surface area (Å²) in [4.78, 5) is 25.8. The highest BCUT2D eigenvalue weighted by Gasteiger charge is 2.51. The second kappa shape index (κ2) is 15.4. The number of esters is 1. The van der Waals surface area contributed by atoms with Crippen molar-refractivity contribution < 1.29 is 23.2 Å². The fourth-order valence-electron chi connectivity index (χ4n) is 7.95. The van der Waals surface area contributed by atoms with E-state index in [2.05, 4.69) is 106 Å². The fraction of sp³-hybridized carbons (Fsp3) is 0.767. The van der Waals surface area contributed by atoms with Crippen molar-refractivity contribution in [3.63, 3.8) is 0 Å². The van der Waals surface area contributed by atoms with Crippen LogP contribution in [0.5, 0.6) is 0 Å². The molecule has 0 saturated heterocycles. The zero-order valence-electron chi connectivity index (χ0n) is 35.0. The van der Waals surface area contributed by atoms with Gasteiger partial charge in [0.05, 0.1) is 18.3 Å². The van der Waals surface area contributed by atoms with Gasteiger partial charge in [0.2, 0.25) is 0 Å². The minimum absolute atomic E-state index is 0.0240. The Labute approximate surface area is 309 Å². The Balaban J connectivity index is 1.87. The maximum absolute atomic E-state index is 13.2. The van der Waals surface area contributed by atoms with Gasteiger partial charge in [-0.2, -0.15) is 0 Å². The number of allylic oxidation sites excluding steroid dienone is 5. The van der Waals surface area contributed by atoms with Crippen LogP contribution < -0.4 is 0 Å². The molecule has 3 rings (SSSR count). The highest BCUT2D eigenvalue weighted by Crippen LogP contribution is 2.59. The molecule has 0 aromatic carbocycles. The Morgan fingerprint density at radius 2 is 1.48 bits per heavy atom. The lowest BCUT2D eigenvalue weighted by Gasteiger charge is -2.45. The molecule has 6 atom stereocenters. The van der Waals surface area contributed by atoms with E-state index in [0.717, 1.165) is 31.3 Å². The van der Waals surface area contributed by atoms with Gasteiger partial charge in [-0.15, -0.1) is 0 Å². The summed E-state index contributed by atoms with van der Waals surface area (Å²) in [7, 11) is -4.00. The fourth-order valence-corrected chi connectivity index (χ4v) is 10.6. The highest BCUT2D eigenvalue weighted by molar-refractivity contribution is 6.74. The van der Waals surface area contributed by atoms with Gasteiger partial charge in [-0.25, -0.2) is 0 Å². The lowest BCUT2D eigenvalue weighted by atomic mass is 9.61. The molecule has 3 aliphatic carbocycles. The predicted octanol–water partition coefficient (Wildman–Crippen LogP) is 11.9. The number of carbonyl (C=O) groups is 2. The first-order chi connectivity index (χ1) is 22.6. The van der Waals surface area contributed by atoms with Crippen molar-refractivity contribution >= 4 is 28.4 Å². The van der Waals surface area contributed by atoms with E-state index in [0.29, 0.717) is 11.8 Å². The van der Waals surface area contributed by atoms with Crippen molar-refractivity contribution in [2.24, 2.45) is 28.6 Å². The van der Waals surface area contributed by atoms with Crippen molar-refractivity contribution in [2.75, 3.05) is 0 Å². The van der Waals surface area contributed by atoms with Gasteiger partial charge in [-0.05, 0) is 143 Å². The van der Waals surface area contributed by atoms with Crippen LogP contribution in [0.4, 0.5) is 0 Å². The van der Waals surface area contributed by atoms with Crippen molar-refractivity contribution in [3.05, 3.63) is 47.6 Å². The van der Waals surface area contributed by atoms with Crippen LogP contribution in [0.1, 0.15) is 128 Å². The Morgan fingerprint density at radius 1 is 0.900 bits per heavy atom. The summed E-state index contributed by atoms with van der Waals surface area (Å²) in [6, 6.07) is 0. The largest absolute Gasteiger partial charge is 0.462 e. The van der Waals surface area contributed by atoms with Crippen LogP contribution in [0.15, 0.2) is 47.6 Å². The standard InChI is InChI=1S/C43H74O5Si2/c1-29(2)46-39(45)42(11,12)38(44)25-20-30(3)35-23-24-36-32(19-18-26-43(35,36)13)21-22-33-27-34(47-49(14,15)40(5,6)7)28-37(31(33)4)48-50(16,17)41(8,9)10/h20-22,25,29-30,34-37H,4,18-19,23-24,26-28H2,1-3,5-17H3/b25-20+,32-21+,33-22-/t30-,34-,35-,36+,37+,43-/m1/s1. The summed E-state index contributed by atoms with van der Waals surface area (Å²) in [6.45, 7) is 39.6. The summed E-state index contributed by atoms with van der Waals surface area (Å²) in [5.74, 6) is 0.592. The van der Waals surface area contributed by atoms with Gasteiger partial charge in [-0.1, -0.05) is 85.8 Å². The molecule has 284 valence electrons. The molecule has 0 N–H and O–H groups in total. The first-order valence-electron chi connectivity index (χ1n) is 19.5. The summed E-state index contributed by atoms with van der Waals surface area (Å²) in [6.07, 6.45) is 16.0. The van der Waals surface area contributed by atoms with Crippen LogP contribution in [-0.2, 0) is 23.2 Å². The van der Waals surface area contributed by atoms with E-state index in [4.69, 9.17) is 13.6 Å². The molecule has 0 bridgehead atoms. The molecule has 0 amide bonds. The topological polar surface area (TPSA) is 61.8 Å². The van der Waals surface area contributed by atoms with Gasteiger partial charge >= 0.3 is 5.97 Å². The molecular formula is C43H74O5Si2. The van der Waals surface area contributed by atoms with Crippen LogP contribution in [0.25, 0.3) is 0 Å². The number of fused-ring (bicyclic) bond motifs is 1. The molecule has 5 nitrogen and oxygen atoms in total. The molecule has 0 aliphatic heterocycles. The maximum atomic E-state index is 13.2. The van der Waals surface area contributed by atoms with E-state index in [1.54, 1.807) is 25.5 Å². The number of hydrogen-bond donors (Lipinski definition) is 0. The Bertz CT molecular complexity index is 1350. The SMILES string of the molecule is C=C1/C(=C\C=C2/CCC[C@]3(C)[C@@H]([C@H](C)/C=C/C(=O)C(C)(C)C(=O)OC(C)C)CC[C@@H]23)C[C@@H](O[Si](C)(C)C(C)(C)C)C[C@@H]1O[Si](C)(C)C(C)(C)C. The average molecular weight is 727 g/mol. The summed E-state index contributed by atoms with van der Waals surface area (Å²) >= 11 is 0. The Morgan fingerprint density at radius 3 is 2.04 bits per heavy atom. The normalized spacial score (nSPS) is 29.6. The number of ketones is 1. The summed E-state index contributed by atoms with van der Waals surface area (Å²) < 4.78 is 19.5. The Kier molecular flexibility index (Phi) is 13.2. The lowest BCUT2D eigenvalue weighted by Crippen LogP contribution is -2.49. The average Bonchev–Trinajstić information content (AvgIpc) is 3.32. The van der Waals surface area contributed by atoms with E-state index in [1.807, 2.05) is 13.8 Å². The van der Waals surface area contributed by atoms with Gasteiger partial charge in [0, 0.05) is 6.42 Å². The summed E-state index contributed by atoms with van der Waals surface area (Å²) in [5.41, 5.74) is 2.96. The second-order valence-corrected chi connectivity index (χ2v) is 29.5. The molecule has 0 spiro atoms. The van der Waals surface area contributed by atoms with Crippen LogP contribution in [0.3, 0.4) is 0 Å².